The largest absolute Gasteiger partial charge is 0.386 e. The number of aliphatic hydroxyl groups excluding tert-OH is 1. The van der Waals surface area contributed by atoms with Gasteiger partial charge in [0.2, 0.25) is 5.91 Å². The molecule has 1 amide bonds. The number of fused-ring (bicyclic) bond motifs is 1. The highest BCUT2D eigenvalue weighted by Crippen LogP contribution is 2.40. The number of carbonyl (C=O) groups is 1. The zero-order valence-electron chi connectivity index (χ0n) is 14.2. The zero-order chi connectivity index (χ0) is 17.2. The Morgan fingerprint density at radius 1 is 1.44 bits per heavy atom. The van der Waals surface area contributed by atoms with Crippen molar-refractivity contribution in [2.24, 2.45) is 5.92 Å². The maximum Gasteiger partial charge on any atom is 0.221 e. The SMILES string of the molecule is O=C(CCN1CCn2nc([C@@H](O)C3CC3)cc2C1)NCc1cccs1. The lowest BCUT2D eigenvalue weighted by atomic mass is 10.1. The van der Waals surface area contributed by atoms with Crippen LogP contribution in [0.2, 0.25) is 0 Å². The van der Waals surface area contributed by atoms with Crippen molar-refractivity contribution in [1.29, 1.82) is 0 Å². The number of nitrogens with one attached hydrogen (secondary N) is 1. The fraction of sp³-hybridized carbons (Fsp3) is 0.556. The molecule has 25 heavy (non-hydrogen) atoms. The van der Waals surface area contributed by atoms with Gasteiger partial charge in [0.15, 0.2) is 0 Å². The summed E-state index contributed by atoms with van der Waals surface area (Å²) in [5, 5.41) is 19.8. The molecular weight excluding hydrogens is 336 g/mol. The molecule has 0 unspecified atom stereocenters. The van der Waals surface area contributed by atoms with E-state index in [2.05, 4.69) is 15.3 Å². The second-order valence-electron chi connectivity index (χ2n) is 6.95. The van der Waals surface area contributed by atoms with E-state index in [1.807, 2.05) is 28.3 Å². The van der Waals surface area contributed by atoms with Crippen molar-refractivity contribution in [3.05, 3.63) is 39.8 Å². The van der Waals surface area contributed by atoms with E-state index in [-0.39, 0.29) is 5.91 Å². The molecule has 1 saturated carbocycles. The molecule has 1 aliphatic carbocycles. The van der Waals surface area contributed by atoms with Crippen molar-refractivity contribution in [1.82, 2.24) is 20.0 Å². The minimum absolute atomic E-state index is 0.0947. The van der Waals surface area contributed by atoms with Gasteiger partial charge in [0.1, 0.15) is 6.10 Å². The molecular formula is C18H24N4O2S. The first kappa shape index (κ1) is 16.8. The number of carbonyl (C=O) groups excluding carboxylic acids is 1. The maximum absolute atomic E-state index is 12.0. The van der Waals surface area contributed by atoms with E-state index in [9.17, 15) is 9.90 Å². The highest BCUT2D eigenvalue weighted by Gasteiger charge is 2.33. The predicted molar refractivity (Wildman–Crippen MR) is 96.0 cm³/mol. The van der Waals surface area contributed by atoms with Gasteiger partial charge in [-0.3, -0.25) is 14.4 Å². The van der Waals surface area contributed by atoms with Crippen LogP contribution < -0.4 is 5.32 Å². The average molecular weight is 360 g/mol. The van der Waals surface area contributed by atoms with Crippen molar-refractivity contribution in [2.45, 2.75) is 45.0 Å². The summed E-state index contributed by atoms with van der Waals surface area (Å²) in [6.45, 7) is 3.88. The van der Waals surface area contributed by atoms with E-state index < -0.39 is 6.10 Å². The molecule has 0 aromatic carbocycles. The summed E-state index contributed by atoms with van der Waals surface area (Å²) in [4.78, 5) is 15.5. The molecule has 2 N–H and O–H groups in total. The number of thiophene rings is 1. The molecule has 6 nitrogen and oxygen atoms in total. The molecule has 1 atom stereocenters. The van der Waals surface area contributed by atoms with Gasteiger partial charge in [0.05, 0.1) is 24.5 Å². The van der Waals surface area contributed by atoms with Gasteiger partial charge in [-0.15, -0.1) is 11.3 Å². The average Bonchev–Trinajstić information content (AvgIpc) is 3.17. The van der Waals surface area contributed by atoms with Crippen molar-refractivity contribution in [3.63, 3.8) is 0 Å². The molecule has 1 aliphatic heterocycles. The van der Waals surface area contributed by atoms with Crippen LogP contribution >= 0.6 is 11.3 Å². The Balaban J connectivity index is 1.25. The smallest absolute Gasteiger partial charge is 0.221 e. The topological polar surface area (TPSA) is 70.4 Å². The summed E-state index contributed by atoms with van der Waals surface area (Å²) in [7, 11) is 0. The molecule has 2 aromatic rings. The first-order chi connectivity index (χ1) is 12.2. The summed E-state index contributed by atoms with van der Waals surface area (Å²) in [5.74, 6) is 0.498. The zero-order valence-corrected chi connectivity index (χ0v) is 15.0. The minimum Gasteiger partial charge on any atom is -0.386 e. The fourth-order valence-electron chi connectivity index (χ4n) is 3.28. The van der Waals surface area contributed by atoms with Crippen molar-refractivity contribution >= 4 is 17.2 Å². The Morgan fingerprint density at radius 2 is 2.32 bits per heavy atom. The third-order valence-corrected chi connectivity index (χ3v) is 5.84. The summed E-state index contributed by atoms with van der Waals surface area (Å²) in [6, 6.07) is 6.06. The van der Waals surface area contributed by atoms with E-state index in [0.717, 1.165) is 50.4 Å². The summed E-state index contributed by atoms with van der Waals surface area (Å²) < 4.78 is 2.01. The van der Waals surface area contributed by atoms with Gasteiger partial charge in [-0.1, -0.05) is 6.07 Å². The van der Waals surface area contributed by atoms with E-state index >= 15 is 0 Å². The number of hydrogen-bond donors (Lipinski definition) is 2. The van der Waals surface area contributed by atoms with E-state index in [1.54, 1.807) is 11.3 Å². The molecule has 0 radical (unpaired) electrons. The normalized spacial score (nSPS) is 18.8. The Morgan fingerprint density at radius 3 is 3.08 bits per heavy atom. The molecule has 7 heteroatoms. The van der Waals surface area contributed by atoms with Gasteiger partial charge >= 0.3 is 0 Å². The first-order valence-electron chi connectivity index (χ1n) is 8.95. The number of aliphatic hydroxyl groups is 1. The van der Waals surface area contributed by atoms with E-state index in [0.29, 0.717) is 18.9 Å². The van der Waals surface area contributed by atoms with Crippen LogP contribution in [0.1, 0.15) is 41.6 Å². The van der Waals surface area contributed by atoms with Crippen LogP contribution in [0.15, 0.2) is 23.6 Å². The highest BCUT2D eigenvalue weighted by atomic mass is 32.1. The summed E-state index contributed by atoms with van der Waals surface area (Å²) >= 11 is 1.66. The second-order valence-corrected chi connectivity index (χ2v) is 7.98. The minimum atomic E-state index is -0.408. The van der Waals surface area contributed by atoms with Crippen molar-refractivity contribution < 1.29 is 9.90 Å². The molecule has 2 aromatic heterocycles. The van der Waals surface area contributed by atoms with Crippen LogP contribution in [0, 0.1) is 5.92 Å². The van der Waals surface area contributed by atoms with Crippen LogP contribution in [-0.4, -0.2) is 38.8 Å². The molecule has 0 saturated heterocycles. The van der Waals surface area contributed by atoms with E-state index in [1.165, 1.54) is 4.88 Å². The number of nitrogens with zero attached hydrogens (tertiary/aromatic N) is 3. The van der Waals surface area contributed by atoms with Crippen molar-refractivity contribution in [3.8, 4) is 0 Å². The fourth-order valence-corrected chi connectivity index (χ4v) is 3.92. The summed E-state index contributed by atoms with van der Waals surface area (Å²) in [5.41, 5.74) is 1.95. The Bertz CT molecular complexity index is 724. The van der Waals surface area contributed by atoms with Crippen LogP contribution in [0.4, 0.5) is 0 Å². The Labute approximate surface area is 151 Å². The third kappa shape index (κ3) is 4.11. The standard InChI is InChI=1S/C18H24N4O2S/c23-17(19-11-15-2-1-9-25-15)5-6-21-7-8-22-14(12-21)10-16(20-22)18(24)13-3-4-13/h1-2,9-10,13,18,24H,3-8,11-12H2,(H,19,23)/t18-/m0/s1. The lowest BCUT2D eigenvalue weighted by Crippen LogP contribution is -2.36. The number of rotatable bonds is 7. The Hall–Kier alpha value is -1.70. The van der Waals surface area contributed by atoms with Crippen LogP contribution in [0.25, 0.3) is 0 Å². The highest BCUT2D eigenvalue weighted by molar-refractivity contribution is 7.09. The van der Waals surface area contributed by atoms with Gasteiger partial charge in [0, 0.05) is 30.9 Å². The maximum atomic E-state index is 12.0. The predicted octanol–water partition coefficient (Wildman–Crippen LogP) is 1.91. The van der Waals surface area contributed by atoms with Crippen LogP contribution in [-0.2, 0) is 24.4 Å². The van der Waals surface area contributed by atoms with Crippen molar-refractivity contribution in [2.75, 3.05) is 13.1 Å². The molecule has 1 fully saturated rings. The summed E-state index contributed by atoms with van der Waals surface area (Å²) in [6.07, 6.45) is 2.32. The Kier molecular flexibility index (Phi) is 4.87. The van der Waals surface area contributed by atoms with Crippen LogP contribution in [0.5, 0.6) is 0 Å². The number of aromatic nitrogens is 2. The third-order valence-electron chi connectivity index (χ3n) is 4.96. The van der Waals surface area contributed by atoms with Gasteiger partial charge in [-0.05, 0) is 36.3 Å². The van der Waals surface area contributed by atoms with Crippen LogP contribution in [0.3, 0.4) is 0 Å². The molecule has 0 spiro atoms. The monoisotopic (exact) mass is 360 g/mol. The second kappa shape index (κ2) is 7.27. The van der Waals surface area contributed by atoms with E-state index in [4.69, 9.17) is 0 Å². The lowest BCUT2D eigenvalue weighted by Gasteiger charge is -2.27. The quantitative estimate of drug-likeness (QED) is 0.791. The number of amides is 1. The molecule has 3 heterocycles. The molecule has 134 valence electrons. The molecule has 2 aliphatic rings. The molecule has 4 rings (SSSR count). The van der Waals surface area contributed by atoms with Gasteiger partial charge < -0.3 is 10.4 Å². The first-order valence-corrected chi connectivity index (χ1v) is 9.83. The molecule has 0 bridgehead atoms. The van der Waals surface area contributed by atoms with Gasteiger partial charge in [-0.2, -0.15) is 5.10 Å². The van der Waals surface area contributed by atoms with Gasteiger partial charge in [0.25, 0.3) is 0 Å². The lowest BCUT2D eigenvalue weighted by molar-refractivity contribution is -0.121. The number of hydrogen-bond acceptors (Lipinski definition) is 5. The van der Waals surface area contributed by atoms with Gasteiger partial charge in [-0.25, -0.2) is 0 Å².